The molecule has 3 rings (SSSR count). The van der Waals surface area contributed by atoms with Crippen molar-refractivity contribution in [3.63, 3.8) is 0 Å². The summed E-state index contributed by atoms with van der Waals surface area (Å²) < 4.78 is 0. The smallest absolute Gasteiger partial charge is 0.234 e. The standard InChI is InChI=1S/C19H19ClN6OS/c1-12-9-13(20)7-8-15(12)23-17(27)11-28-10-16-24-18(21)26-19(25-16)22-14-5-3-2-4-6-14/h2-9H,10-11H2,1H3,(H,23,27)(H3,21,22,24,25,26). The van der Waals surface area contributed by atoms with Gasteiger partial charge in [0.15, 0.2) is 0 Å². The maximum atomic E-state index is 12.2. The minimum atomic E-state index is -0.111. The lowest BCUT2D eigenvalue weighted by molar-refractivity contribution is -0.113. The van der Waals surface area contributed by atoms with E-state index in [4.69, 9.17) is 17.3 Å². The maximum Gasteiger partial charge on any atom is 0.234 e. The number of anilines is 4. The fourth-order valence-electron chi connectivity index (χ4n) is 2.40. The number of para-hydroxylation sites is 1. The maximum absolute atomic E-state index is 12.2. The SMILES string of the molecule is Cc1cc(Cl)ccc1NC(=O)CSCc1nc(N)nc(Nc2ccccc2)n1. The van der Waals surface area contributed by atoms with Gasteiger partial charge in [0.1, 0.15) is 5.82 Å². The second-order valence-electron chi connectivity index (χ2n) is 5.92. The number of nitrogen functional groups attached to an aromatic ring is 1. The molecule has 0 aliphatic carbocycles. The molecule has 0 atom stereocenters. The number of aryl methyl sites for hydroxylation is 1. The first-order valence-electron chi connectivity index (χ1n) is 8.46. The first-order valence-corrected chi connectivity index (χ1v) is 9.99. The van der Waals surface area contributed by atoms with Crippen LogP contribution in [0.25, 0.3) is 0 Å². The summed E-state index contributed by atoms with van der Waals surface area (Å²) in [7, 11) is 0. The molecule has 0 saturated heterocycles. The van der Waals surface area contributed by atoms with E-state index < -0.39 is 0 Å². The van der Waals surface area contributed by atoms with Gasteiger partial charge in [-0.2, -0.15) is 15.0 Å². The molecule has 0 spiro atoms. The van der Waals surface area contributed by atoms with Crippen molar-refractivity contribution in [2.24, 2.45) is 0 Å². The van der Waals surface area contributed by atoms with E-state index in [0.29, 0.717) is 22.5 Å². The molecule has 0 radical (unpaired) electrons. The number of halogens is 1. The summed E-state index contributed by atoms with van der Waals surface area (Å²) in [5.41, 5.74) is 8.28. The summed E-state index contributed by atoms with van der Waals surface area (Å²) in [6.07, 6.45) is 0. The second kappa shape index (κ2) is 9.38. The lowest BCUT2D eigenvalue weighted by Crippen LogP contribution is -2.15. The average molecular weight is 415 g/mol. The average Bonchev–Trinajstić information content (AvgIpc) is 2.64. The number of hydrogen-bond donors (Lipinski definition) is 3. The lowest BCUT2D eigenvalue weighted by atomic mass is 10.2. The van der Waals surface area contributed by atoms with Gasteiger partial charge >= 0.3 is 0 Å². The Labute approximate surface area is 172 Å². The van der Waals surface area contributed by atoms with Crippen molar-refractivity contribution in [2.45, 2.75) is 12.7 Å². The van der Waals surface area contributed by atoms with Crippen LogP contribution >= 0.6 is 23.4 Å². The highest BCUT2D eigenvalue weighted by molar-refractivity contribution is 7.99. The van der Waals surface area contributed by atoms with Gasteiger partial charge in [0.05, 0.1) is 11.5 Å². The largest absolute Gasteiger partial charge is 0.368 e. The molecule has 0 aliphatic rings. The zero-order valence-corrected chi connectivity index (χ0v) is 16.7. The number of nitrogens with two attached hydrogens (primary N) is 1. The first kappa shape index (κ1) is 19.9. The topological polar surface area (TPSA) is 106 Å². The Morgan fingerprint density at radius 1 is 1.14 bits per heavy atom. The van der Waals surface area contributed by atoms with Gasteiger partial charge < -0.3 is 16.4 Å². The minimum Gasteiger partial charge on any atom is -0.368 e. The molecule has 9 heteroatoms. The number of carbonyl (C=O) groups is 1. The molecular formula is C19H19ClN6OS. The van der Waals surface area contributed by atoms with E-state index in [9.17, 15) is 4.79 Å². The highest BCUT2D eigenvalue weighted by Crippen LogP contribution is 2.20. The van der Waals surface area contributed by atoms with Crippen molar-refractivity contribution in [1.29, 1.82) is 0 Å². The Hall–Kier alpha value is -2.84. The van der Waals surface area contributed by atoms with Crippen LogP contribution in [0.5, 0.6) is 0 Å². The molecule has 0 unspecified atom stereocenters. The number of rotatable bonds is 7. The minimum absolute atomic E-state index is 0.111. The van der Waals surface area contributed by atoms with E-state index in [-0.39, 0.29) is 17.6 Å². The van der Waals surface area contributed by atoms with Crippen LogP contribution in [-0.2, 0) is 10.5 Å². The summed E-state index contributed by atoms with van der Waals surface area (Å²) >= 11 is 7.32. The zero-order valence-electron chi connectivity index (χ0n) is 15.1. The van der Waals surface area contributed by atoms with Crippen LogP contribution in [0.15, 0.2) is 48.5 Å². The lowest BCUT2D eigenvalue weighted by Gasteiger charge is -2.09. The third-order valence-electron chi connectivity index (χ3n) is 3.66. The number of benzene rings is 2. The first-order chi connectivity index (χ1) is 13.5. The third-order valence-corrected chi connectivity index (χ3v) is 4.82. The molecule has 3 aromatic rings. The molecule has 2 aromatic carbocycles. The summed E-state index contributed by atoms with van der Waals surface area (Å²) in [6.45, 7) is 1.89. The van der Waals surface area contributed by atoms with Crippen LogP contribution in [0, 0.1) is 6.92 Å². The Bertz CT molecular complexity index is 970. The van der Waals surface area contributed by atoms with Gasteiger partial charge in [0.2, 0.25) is 17.8 Å². The number of thioether (sulfide) groups is 1. The van der Waals surface area contributed by atoms with Crippen molar-refractivity contribution < 1.29 is 4.79 Å². The van der Waals surface area contributed by atoms with Gasteiger partial charge in [-0.3, -0.25) is 4.79 Å². The van der Waals surface area contributed by atoms with E-state index in [1.54, 1.807) is 18.2 Å². The Balaban J connectivity index is 1.54. The molecule has 0 bridgehead atoms. The molecule has 0 aliphatic heterocycles. The summed E-state index contributed by atoms with van der Waals surface area (Å²) in [4.78, 5) is 24.7. The van der Waals surface area contributed by atoms with Crippen LogP contribution in [0.3, 0.4) is 0 Å². The summed E-state index contributed by atoms with van der Waals surface area (Å²) in [6, 6.07) is 14.9. The molecule has 1 heterocycles. The Morgan fingerprint density at radius 2 is 1.93 bits per heavy atom. The molecule has 4 N–H and O–H groups in total. The molecule has 1 aromatic heterocycles. The zero-order chi connectivity index (χ0) is 19.9. The predicted octanol–water partition coefficient (Wildman–Crippen LogP) is 4.03. The van der Waals surface area contributed by atoms with Crippen molar-refractivity contribution >= 4 is 52.5 Å². The van der Waals surface area contributed by atoms with Gasteiger partial charge in [0, 0.05) is 16.4 Å². The quantitative estimate of drug-likeness (QED) is 0.535. The third kappa shape index (κ3) is 5.83. The number of nitrogens with one attached hydrogen (secondary N) is 2. The van der Waals surface area contributed by atoms with Gasteiger partial charge in [-0.1, -0.05) is 29.8 Å². The highest BCUT2D eigenvalue weighted by atomic mass is 35.5. The molecule has 28 heavy (non-hydrogen) atoms. The Morgan fingerprint density at radius 3 is 2.68 bits per heavy atom. The van der Waals surface area contributed by atoms with Crippen LogP contribution < -0.4 is 16.4 Å². The molecule has 0 fully saturated rings. The number of nitrogens with zero attached hydrogens (tertiary/aromatic N) is 3. The van der Waals surface area contributed by atoms with Gasteiger partial charge in [-0.25, -0.2) is 0 Å². The van der Waals surface area contributed by atoms with Gasteiger partial charge in [-0.15, -0.1) is 11.8 Å². The van der Waals surface area contributed by atoms with E-state index in [1.807, 2.05) is 37.3 Å². The van der Waals surface area contributed by atoms with E-state index in [1.165, 1.54) is 11.8 Å². The van der Waals surface area contributed by atoms with E-state index >= 15 is 0 Å². The van der Waals surface area contributed by atoms with Crippen molar-refractivity contribution in [3.05, 3.63) is 64.9 Å². The summed E-state index contributed by atoms with van der Waals surface area (Å²) in [5, 5.41) is 6.59. The van der Waals surface area contributed by atoms with Crippen LogP contribution in [0.4, 0.5) is 23.3 Å². The number of carbonyl (C=O) groups excluding carboxylic acids is 1. The summed E-state index contributed by atoms with van der Waals surface area (Å²) in [5.74, 6) is 1.59. The number of amides is 1. The Kier molecular flexibility index (Phi) is 6.67. The highest BCUT2D eigenvalue weighted by Gasteiger charge is 2.09. The predicted molar refractivity (Wildman–Crippen MR) is 115 cm³/mol. The van der Waals surface area contributed by atoms with E-state index in [0.717, 1.165) is 16.9 Å². The van der Waals surface area contributed by atoms with E-state index in [2.05, 4.69) is 25.6 Å². The normalized spacial score (nSPS) is 10.5. The fourth-order valence-corrected chi connectivity index (χ4v) is 3.30. The van der Waals surface area contributed by atoms with Crippen molar-refractivity contribution in [2.75, 3.05) is 22.1 Å². The van der Waals surface area contributed by atoms with Crippen molar-refractivity contribution in [3.8, 4) is 0 Å². The molecule has 1 amide bonds. The van der Waals surface area contributed by atoms with Crippen LogP contribution in [-0.4, -0.2) is 26.6 Å². The molecule has 0 saturated carbocycles. The van der Waals surface area contributed by atoms with Crippen molar-refractivity contribution in [1.82, 2.24) is 15.0 Å². The number of hydrogen-bond acceptors (Lipinski definition) is 7. The second-order valence-corrected chi connectivity index (χ2v) is 7.35. The van der Waals surface area contributed by atoms with Gasteiger partial charge in [-0.05, 0) is 42.8 Å². The number of aromatic nitrogens is 3. The monoisotopic (exact) mass is 414 g/mol. The van der Waals surface area contributed by atoms with Gasteiger partial charge in [0.25, 0.3) is 0 Å². The molecule has 144 valence electrons. The fraction of sp³-hybridized carbons (Fsp3) is 0.158. The van der Waals surface area contributed by atoms with Crippen LogP contribution in [0.1, 0.15) is 11.4 Å². The molecule has 7 nitrogen and oxygen atoms in total. The molecular weight excluding hydrogens is 396 g/mol. The van der Waals surface area contributed by atoms with Crippen LogP contribution in [0.2, 0.25) is 5.02 Å².